The molecule has 2 aromatic rings. The van der Waals surface area contributed by atoms with Gasteiger partial charge in [0.1, 0.15) is 5.75 Å². The van der Waals surface area contributed by atoms with Crippen molar-refractivity contribution >= 4 is 22.7 Å². The Hall–Kier alpha value is -2.36. The average molecular weight is 230 g/mol. The number of aromatic hydroxyl groups is 1. The largest absolute Gasteiger partial charge is 0.507 e. The minimum atomic E-state index is -0.765. The highest BCUT2D eigenvalue weighted by atomic mass is 16.6. The lowest BCUT2D eigenvalue weighted by atomic mass is 10.1. The fourth-order valence-corrected chi connectivity index (χ4v) is 1.60. The van der Waals surface area contributed by atoms with Gasteiger partial charge in [0, 0.05) is 12.3 Å². The van der Waals surface area contributed by atoms with E-state index < -0.39 is 11.9 Å². The van der Waals surface area contributed by atoms with E-state index in [1.165, 1.54) is 6.07 Å². The molecule has 0 radical (unpaired) electrons. The third kappa shape index (κ3) is 2.25. The van der Waals surface area contributed by atoms with Gasteiger partial charge in [-0.25, -0.2) is 4.79 Å². The first-order valence-corrected chi connectivity index (χ1v) is 5.02. The molecule has 0 saturated heterocycles. The predicted molar refractivity (Wildman–Crippen MR) is 61.7 cm³/mol. The van der Waals surface area contributed by atoms with Gasteiger partial charge in [-0.2, -0.15) is 0 Å². The lowest BCUT2D eigenvalue weighted by molar-refractivity contribution is -0.135. The zero-order chi connectivity index (χ0) is 12.4. The molecular formula is C13H10O4. The fourth-order valence-electron chi connectivity index (χ4n) is 1.60. The van der Waals surface area contributed by atoms with Gasteiger partial charge in [-0.05, 0) is 17.5 Å². The van der Waals surface area contributed by atoms with Gasteiger partial charge >= 0.3 is 11.9 Å². The van der Waals surface area contributed by atoms with Gasteiger partial charge in [-0.3, -0.25) is 4.79 Å². The summed E-state index contributed by atoms with van der Waals surface area (Å²) < 4.78 is 4.45. The summed E-state index contributed by atoms with van der Waals surface area (Å²) in [5.41, 5.74) is 0.149. The molecule has 86 valence electrons. The zero-order valence-corrected chi connectivity index (χ0v) is 9.14. The Labute approximate surface area is 97.4 Å². The topological polar surface area (TPSA) is 63.6 Å². The number of fused-ring (bicyclic) bond motifs is 1. The van der Waals surface area contributed by atoms with Gasteiger partial charge in [0.2, 0.25) is 0 Å². The van der Waals surface area contributed by atoms with Crippen molar-refractivity contribution in [2.45, 2.75) is 6.92 Å². The molecule has 0 unspecified atom stereocenters. The molecular weight excluding hydrogens is 220 g/mol. The van der Waals surface area contributed by atoms with E-state index in [9.17, 15) is 14.7 Å². The summed E-state index contributed by atoms with van der Waals surface area (Å²) in [5.74, 6) is -1.46. The van der Waals surface area contributed by atoms with Crippen molar-refractivity contribution in [1.29, 1.82) is 0 Å². The minimum absolute atomic E-state index is 0.0152. The van der Waals surface area contributed by atoms with Crippen molar-refractivity contribution in [2.24, 2.45) is 0 Å². The van der Waals surface area contributed by atoms with Crippen LogP contribution in [0.5, 0.6) is 5.75 Å². The van der Waals surface area contributed by atoms with Crippen molar-refractivity contribution < 1.29 is 19.4 Å². The van der Waals surface area contributed by atoms with E-state index in [4.69, 9.17) is 0 Å². The normalized spacial score (nSPS) is 10.2. The Kier molecular flexibility index (Phi) is 2.78. The highest BCUT2D eigenvalue weighted by Gasteiger charge is 2.12. The van der Waals surface area contributed by atoms with E-state index in [0.717, 1.165) is 6.92 Å². The number of phenols is 1. The number of carbonyl (C=O) groups excluding carboxylic acids is 2. The van der Waals surface area contributed by atoms with Gasteiger partial charge in [-0.15, -0.1) is 0 Å². The highest BCUT2D eigenvalue weighted by molar-refractivity contribution is 6.01. The third-order valence-corrected chi connectivity index (χ3v) is 2.31. The van der Waals surface area contributed by atoms with Gasteiger partial charge in [-0.1, -0.05) is 24.3 Å². The molecule has 4 nitrogen and oxygen atoms in total. The van der Waals surface area contributed by atoms with Crippen LogP contribution in [0.2, 0.25) is 0 Å². The molecule has 2 aromatic carbocycles. The zero-order valence-electron chi connectivity index (χ0n) is 9.14. The number of ether oxygens (including phenoxy) is 1. The SMILES string of the molecule is CC(=O)OC(=O)c1cc(O)c2ccccc2c1. The summed E-state index contributed by atoms with van der Waals surface area (Å²) >= 11 is 0. The van der Waals surface area contributed by atoms with Gasteiger partial charge < -0.3 is 9.84 Å². The molecule has 2 rings (SSSR count). The van der Waals surface area contributed by atoms with Crippen molar-refractivity contribution in [1.82, 2.24) is 0 Å². The van der Waals surface area contributed by atoms with E-state index in [2.05, 4.69) is 4.74 Å². The summed E-state index contributed by atoms with van der Waals surface area (Å²) in [4.78, 5) is 22.2. The standard InChI is InChI=1S/C13H10O4/c1-8(14)17-13(16)10-6-9-4-2-3-5-11(9)12(15)7-10/h2-7,15H,1H3. The van der Waals surface area contributed by atoms with Crippen molar-refractivity contribution in [3.8, 4) is 5.75 Å². The number of benzene rings is 2. The maximum absolute atomic E-state index is 11.5. The molecule has 0 aliphatic rings. The monoisotopic (exact) mass is 230 g/mol. The van der Waals surface area contributed by atoms with E-state index >= 15 is 0 Å². The number of hydrogen-bond donors (Lipinski definition) is 1. The Bertz CT molecular complexity index is 601. The molecule has 0 amide bonds. The van der Waals surface area contributed by atoms with E-state index in [-0.39, 0.29) is 11.3 Å². The molecule has 0 aliphatic heterocycles. The molecule has 0 atom stereocenters. The first kappa shape index (κ1) is 11.1. The van der Waals surface area contributed by atoms with Gasteiger partial charge in [0.15, 0.2) is 0 Å². The van der Waals surface area contributed by atoms with Gasteiger partial charge in [0.25, 0.3) is 0 Å². The molecule has 0 aliphatic carbocycles. The van der Waals surface area contributed by atoms with Crippen LogP contribution in [-0.2, 0) is 9.53 Å². The number of rotatable bonds is 1. The molecule has 0 bridgehead atoms. The number of phenolic OH excluding ortho intramolecular Hbond substituents is 1. The fraction of sp³-hybridized carbons (Fsp3) is 0.0769. The van der Waals surface area contributed by atoms with E-state index in [0.29, 0.717) is 10.8 Å². The first-order valence-electron chi connectivity index (χ1n) is 5.02. The number of hydrogen-bond acceptors (Lipinski definition) is 4. The summed E-state index contributed by atoms with van der Waals surface area (Å²) in [7, 11) is 0. The Balaban J connectivity index is 2.50. The minimum Gasteiger partial charge on any atom is -0.507 e. The molecule has 0 heterocycles. The first-order chi connectivity index (χ1) is 8.08. The van der Waals surface area contributed by atoms with Crippen molar-refractivity contribution in [3.63, 3.8) is 0 Å². The van der Waals surface area contributed by atoms with Crippen LogP contribution in [0.25, 0.3) is 10.8 Å². The Morgan fingerprint density at radius 2 is 1.88 bits per heavy atom. The quantitative estimate of drug-likeness (QED) is 0.602. The number of esters is 2. The lowest BCUT2D eigenvalue weighted by Crippen LogP contribution is -2.09. The van der Waals surface area contributed by atoms with Crippen LogP contribution in [0.1, 0.15) is 17.3 Å². The summed E-state index contributed by atoms with van der Waals surface area (Å²) in [6.07, 6.45) is 0. The van der Waals surface area contributed by atoms with Crippen LogP contribution in [-0.4, -0.2) is 17.0 Å². The van der Waals surface area contributed by atoms with E-state index in [1.54, 1.807) is 30.3 Å². The Morgan fingerprint density at radius 3 is 2.59 bits per heavy atom. The molecule has 0 spiro atoms. The second-order valence-corrected chi connectivity index (χ2v) is 3.60. The molecule has 0 saturated carbocycles. The highest BCUT2D eigenvalue weighted by Crippen LogP contribution is 2.26. The third-order valence-electron chi connectivity index (χ3n) is 2.31. The lowest BCUT2D eigenvalue weighted by Gasteiger charge is -2.04. The van der Waals surface area contributed by atoms with Crippen molar-refractivity contribution in [3.05, 3.63) is 42.0 Å². The van der Waals surface area contributed by atoms with Crippen molar-refractivity contribution in [2.75, 3.05) is 0 Å². The summed E-state index contributed by atoms with van der Waals surface area (Å²) in [6.45, 7) is 1.15. The summed E-state index contributed by atoms with van der Waals surface area (Å²) in [6, 6.07) is 9.94. The van der Waals surface area contributed by atoms with Gasteiger partial charge in [0.05, 0.1) is 5.56 Å². The average Bonchev–Trinajstić information content (AvgIpc) is 2.28. The summed E-state index contributed by atoms with van der Waals surface area (Å²) in [5, 5.41) is 11.1. The molecule has 17 heavy (non-hydrogen) atoms. The second-order valence-electron chi connectivity index (χ2n) is 3.60. The molecule has 0 aromatic heterocycles. The maximum Gasteiger partial charge on any atom is 0.345 e. The Morgan fingerprint density at radius 1 is 1.18 bits per heavy atom. The van der Waals surface area contributed by atoms with E-state index in [1.807, 2.05) is 0 Å². The molecule has 4 heteroatoms. The van der Waals surface area contributed by atoms with Crippen LogP contribution in [0.15, 0.2) is 36.4 Å². The maximum atomic E-state index is 11.5. The van der Waals surface area contributed by atoms with Crippen LogP contribution < -0.4 is 0 Å². The molecule has 0 fully saturated rings. The smallest absolute Gasteiger partial charge is 0.345 e. The van der Waals surface area contributed by atoms with Crippen LogP contribution in [0.3, 0.4) is 0 Å². The predicted octanol–water partition coefficient (Wildman–Crippen LogP) is 2.25. The van der Waals surface area contributed by atoms with Crippen LogP contribution in [0, 0.1) is 0 Å². The number of carbonyl (C=O) groups is 2. The second kappa shape index (κ2) is 4.25. The molecule has 1 N–H and O–H groups in total. The van der Waals surface area contributed by atoms with Crippen LogP contribution in [0.4, 0.5) is 0 Å². The van der Waals surface area contributed by atoms with Crippen LogP contribution >= 0.6 is 0 Å².